The van der Waals surface area contributed by atoms with E-state index in [4.69, 9.17) is 4.74 Å². The number of nitrogens with one attached hydrogen (secondary N) is 1. The number of pyridine rings is 1. The van der Waals surface area contributed by atoms with Gasteiger partial charge in [-0.05, 0) is 36.8 Å². The van der Waals surface area contributed by atoms with Gasteiger partial charge in [0, 0.05) is 37.0 Å². The molecule has 0 saturated carbocycles. The first-order valence-electron chi connectivity index (χ1n) is 8.06. The van der Waals surface area contributed by atoms with Crippen LogP contribution < -0.4 is 15.0 Å². The Morgan fingerprint density at radius 3 is 2.88 bits per heavy atom. The third-order valence-corrected chi connectivity index (χ3v) is 3.90. The summed E-state index contributed by atoms with van der Waals surface area (Å²) in [7, 11) is 1.55. The summed E-state index contributed by atoms with van der Waals surface area (Å²) in [5.41, 5.74) is 2.04. The quantitative estimate of drug-likeness (QED) is 0.852. The fourth-order valence-electron chi connectivity index (χ4n) is 2.70. The first-order chi connectivity index (χ1) is 12.2. The van der Waals surface area contributed by atoms with Gasteiger partial charge in [-0.15, -0.1) is 0 Å². The number of amides is 2. The smallest absolute Gasteiger partial charge is 0.248 e. The molecule has 1 fully saturated rings. The third kappa shape index (κ3) is 4.03. The van der Waals surface area contributed by atoms with Crippen LogP contribution in [0.15, 0.2) is 48.7 Å². The molecule has 3 rings (SSSR count). The lowest BCUT2D eigenvalue weighted by Gasteiger charge is -2.19. The van der Waals surface area contributed by atoms with Gasteiger partial charge < -0.3 is 15.0 Å². The van der Waals surface area contributed by atoms with E-state index in [0.29, 0.717) is 30.1 Å². The van der Waals surface area contributed by atoms with E-state index in [-0.39, 0.29) is 11.8 Å². The first-order valence-corrected chi connectivity index (χ1v) is 8.06. The second kappa shape index (κ2) is 7.61. The van der Waals surface area contributed by atoms with Gasteiger partial charge >= 0.3 is 0 Å². The molecule has 2 amide bonds. The molecule has 1 aromatic heterocycles. The zero-order valence-corrected chi connectivity index (χ0v) is 13.9. The minimum absolute atomic E-state index is 0.0911. The highest BCUT2D eigenvalue weighted by Gasteiger charge is 2.24. The van der Waals surface area contributed by atoms with Crippen molar-refractivity contribution in [3.8, 4) is 5.75 Å². The van der Waals surface area contributed by atoms with E-state index in [1.165, 1.54) is 6.08 Å². The molecular weight excluding hydrogens is 318 g/mol. The van der Waals surface area contributed by atoms with Crippen LogP contribution in [0.25, 0.3) is 6.08 Å². The normalized spacial score (nSPS) is 14.1. The second-order valence-electron chi connectivity index (χ2n) is 5.61. The van der Waals surface area contributed by atoms with Crippen molar-refractivity contribution in [1.82, 2.24) is 4.98 Å². The van der Waals surface area contributed by atoms with Crippen molar-refractivity contribution >= 4 is 29.3 Å². The third-order valence-electron chi connectivity index (χ3n) is 3.90. The summed E-state index contributed by atoms with van der Waals surface area (Å²) < 4.78 is 5.38. The van der Waals surface area contributed by atoms with Crippen LogP contribution in [-0.4, -0.2) is 30.5 Å². The van der Waals surface area contributed by atoms with E-state index in [2.05, 4.69) is 10.3 Å². The Morgan fingerprint density at radius 2 is 2.20 bits per heavy atom. The Balaban J connectivity index is 1.71. The van der Waals surface area contributed by atoms with Gasteiger partial charge in [-0.2, -0.15) is 0 Å². The molecule has 2 heterocycles. The van der Waals surface area contributed by atoms with Crippen LogP contribution in [0, 0.1) is 0 Å². The number of hydrogen-bond donors (Lipinski definition) is 1. The molecule has 0 radical (unpaired) electrons. The van der Waals surface area contributed by atoms with Crippen LogP contribution >= 0.6 is 0 Å². The molecule has 2 aromatic rings. The van der Waals surface area contributed by atoms with Gasteiger partial charge in [-0.1, -0.05) is 6.07 Å². The van der Waals surface area contributed by atoms with Crippen molar-refractivity contribution in [3.05, 3.63) is 54.4 Å². The van der Waals surface area contributed by atoms with E-state index < -0.39 is 0 Å². The molecule has 0 atom stereocenters. The molecule has 6 nitrogen and oxygen atoms in total. The largest absolute Gasteiger partial charge is 0.494 e. The Labute approximate surface area is 146 Å². The maximum atomic E-state index is 12.0. The van der Waals surface area contributed by atoms with Gasteiger partial charge in [0.25, 0.3) is 0 Å². The van der Waals surface area contributed by atoms with E-state index in [9.17, 15) is 9.59 Å². The number of carbonyl (C=O) groups is 2. The number of hydrogen-bond acceptors (Lipinski definition) is 4. The lowest BCUT2D eigenvalue weighted by Crippen LogP contribution is -2.24. The Hall–Kier alpha value is -3.15. The van der Waals surface area contributed by atoms with Crippen LogP contribution in [0.1, 0.15) is 18.5 Å². The summed E-state index contributed by atoms with van der Waals surface area (Å²) in [5, 5.41) is 2.78. The topological polar surface area (TPSA) is 71.5 Å². The summed E-state index contributed by atoms with van der Waals surface area (Å²) in [5.74, 6) is 0.382. The Kier molecular flexibility index (Phi) is 5.09. The lowest BCUT2D eigenvalue weighted by atomic mass is 10.2. The van der Waals surface area contributed by atoms with Crippen LogP contribution in [0.3, 0.4) is 0 Å². The number of benzene rings is 1. The standard InChI is InChI=1S/C19H19N3O3/c1-25-17-13-15(7-9-16(17)22-12-4-6-19(22)24)21-18(23)10-8-14-5-2-3-11-20-14/h2-3,5,7-11,13H,4,6,12H2,1H3,(H,21,23). The number of methoxy groups -OCH3 is 1. The van der Waals surface area contributed by atoms with Crippen LogP contribution in [0.5, 0.6) is 5.75 Å². The number of nitrogens with zero attached hydrogens (tertiary/aromatic N) is 2. The molecule has 0 aliphatic carbocycles. The molecule has 25 heavy (non-hydrogen) atoms. The minimum Gasteiger partial charge on any atom is -0.494 e. The minimum atomic E-state index is -0.266. The fraction of sp³-hybridized carbons (Fsp3) is 0.211. The number of rotatable bonds is 5. The van der Waals surface area contributed by atoms with E-state index in [1.54, 1.807) is 42.5 Å². The van der Waals surface area contributed by atoms with Crippen molar-refractivity contribution in [2.24, 2.45) is 0 Å². The number of ether oxygens (including phenoxy) is 1. The molecule has 1 aliphatic rings. The van der Waals surface area contributed by atoms with Crippen molar-refractivity contribution in [3.63, 3.8) is 0 Å². The second-order valence-corrected chi connectivity index (χ2v) is 5.61. The predicted octanol–water partition coefficient (Wildman–Crippen LogP) is 2.87. The van der Waals surface area contributed by atoms with Gasteiger partial charge in [0.2, 0.25) is 11.8 Å². The van der Waals surface area contributed by atoms with Crippen molar-refractivity contribution in [1.29, 1.82) is 0 Å². The van der Waals surface area contributed by atoms with Gasteiger partial charge in [-0.25, -0.2) is 0 Å². The number of aromatic nitrogens is 1. The van der Waals surface area contributed by atoms with Gasteiger partial charge in [0.1, 0.15) is 5.75 Å². The molecule has 6 heteroatoms. The zero-order valence-electron chi connectivity index (χ0n) is 13.9. The van der Waals surface area contributed by atoms with E-state index in [0.717, 1.165) is 12.1 Å². The molecule has 0 spiro atoms. The highest BCUT2D eigenvalue weighted by atomic mass is 16.5. The average molecular weight is 337 g/mol. The number of carbonyl (C=O) groups excluding carboxylic acids is 2. The lowest BCUT2D eigenvalue weighted by molar-refractivity contribution is -0.117. The molecule has 1 aromatic carbocycles. The van der Waals surface area contributed by atoms with E-state index >= 15 is 0 Å². The molecule has 0 bridgehead atoms. The first kappa shape index (κ1) is 16.7. The van der Waals surface area contributed by atoms with Crippen molar-refractivity contribution in [2.45, 2.75) is 12.8 Å². The van der Waals surface area contributed by atoms with Gasteiger partial charge in [0.05, 0.1) is 18.5 Å². The summed E-state index contributed by atoms with van der Waals surface area (Å²) >= 11 is 0. The molecule has 1 aliphatic heterocycles. The van der Waals surface area contributed by atoms with Crippen molar-refractivity contribution in [2.75, 3.05) is 23.9 Å². The molecular formula is C19H19N3O3. The highest BCUT2D eigenvalue weighted by Crippen LogP contribution is 2.33. The van der Waals surface area contributed by atoms with Crippen LogP contribution in [-0.2, 0) is 9.59 Å². The summed E-state index contributed by atoms with van der Waals surface area (Å²) in [6.45, 7) is 0.688. The zero-order chi connectivity index (χ0) is 17.6. The molecule has 1 saturated heterocycles. The summed E-state index contributed by atoms with van der Waals surface area (Å²) in [4.78, 5) is 29.8. The fourth-order valence-corrected chi connectivity index (χ4v) is 2.70. The van der Waals surface area contributed by atoms with Gasteiger partial charge in [-0.3, -0.25) is 14.6 Å². The van der Waals surface area contributed by atoms with Crippen LogP contribution in [0.2, 0.25) is 0 Å². The average Bonchev–Trinajstić information content (AvgIpc) is 3.06. The summed E-state index contributed by atoms with van der Waals surface area (Å²) in [6, 6.07) is 10.8. The molecule has 128 valence electrons. The predicted molar refractivity (Wildman–Crippen MR) is 96.5 cm³/mol. The molecule has 0 unspecified atom stereocenters. The highest BCUT2D eigenvalue weighted by molar-refractivity contribution is 6.02. The summed E-state index contributed by atoms with van der Waals surface area (Å²) in [6.07, 6.45) is 6.14. The SMILES string of the molecule is COc1cc(NC(=O)C=Cc2ccccn2)ccc1N1CCCC1=O. The maximum absolute atomic E-state index is 12.0. The van der Waals surface area contributed by atoms with Crippen LogP contribution in [0.4, 0.5) is 11.4 Å². The van der Waals surface area contributed by atoms with Crippen molar-refractivity contribution < 1.29 is 14.3 Å². The molecule has 1 N–H and O–H groups in total. The Bertz CT molecular complexity index is 803. The monoisotopic (exact) mass is 337 g/mol. The van der Waals surface area contributed by atoms with Gasteiger partial charge in [0.15, 0.2) is 0 Å². The number of anilines is 2. The maximum Gasteiger partial charge on any atom is 0.248 e. The Morgan fingerprint density at radius 1 is 1.32 bits per heavy atom. The van der Waals surface area contributed by atoms with E-state index in [1.807, 2.05) is 18.2 Å².